The van der Waals surface area contributed by atoms with Crippen molar-refractivity contribution < 1.29 is 51.3 Å². The van der Waals surface area contributed by atoms with E-state index in [4.69, 9.17) is 29.8 Å². The van der Waals surface area contributed by atoms with Crippen molar-refractivity contribution in [1.82, 2.24) is 0 Å². The number of aryl methyl sites for hydroxylation is 4. The summed E-state index contributed by atoms with van der Waals surface area (Å²) in [6, 6.07) is 4.79. The minimum Gasteiger partial charge on any atom is -0.507 e. The third-order valence-electron chi connectivity index (χ3n) is 13.5. The smallest absolute Gasteiger partial charge is 0.414 e. The molecule has 3 aliphatic carbocycles. The van der Waals surface area contributed by atoms with Crippen LogP contribution in [0.5, 0.6) is 11.5 Å². The summed E-state index contributed by atoms with van der Waals surface area (Å²) in [5, 5.41) is 37.9. The Morgan fingerprint density at radius 2 is 0.952 bits per heavy atom. The van der Waals surface area contributed by atoms with Gasteiger partial charge in [0.15, 0.2) is 0 Å². The van der Waals surface area contributed by atoms with E-state index in [9.17, 15) is 10.2 Å². The third kappa shape index (κ3) is 15.2. The summed E-state index contributed by atoms with van der Waals surface area (Å²) in [7, 11) is 0. The van der Waals surface area contributed by atoms with Crippen LogP contribution in [0, 0.1) is 21.3 Å². The number of quaternary nitrogens is 1. The molecule has 2 aromatic carbocycles. The summed E-state index contributed by atoms with van der Waals surface area (Å²) in [6.07, 6.45) is 26.8. The molecule has 4 N–H and O–H groups in total. The molecule has 3 aliphatic rings. The minimum absolute atomic E-state index is 0. The van der Waals surface area contributed by atoms with Crippen LogP contribution in [0.25, 0.3) is 0 Å². The average molecular weight is 905 g/mol. The normalized spacial score (nSPS) is 18.5. The van der Waals surface area contributed by atoms with E-state index in [1.54, 1.807) is 0 Å². The number of phenolic OH excluding ortho intramolecular Hbond substituents is 2. The predicted molar refractivity (Wildman–Crippen MR) is 253 cm³/mol. The van der Waals surface area contributed by atoms with Gasteiger partial charge in [-0.1, -0.05) is 84.8 Å². The second-order valence-electron chi connectivity index (χ2n) is 18.2. The van der Waals surface area contributed by atoms with Gasteiger partial charge in [-0.15, -0.1) is 0 Å². The fraction of sp³-hybridized carbons (Fsp3) is 0.673. The number of carbonyl (C=O) groups is 2. The van der Waals surface area contributed by atoms with E-state index in [2.05, 4.69) is 53.7 Å². The van der Waals surface area contributed by atoms with E-state index in [-0.39, 0.29) is 36.3 Å². The number of benzene rings is 2. The van der Waals surface area contributed by atoms with E-state index < -0.39 is 11.9 Å². The molecule has 0 spiro atoms. The van der Waals surface area contributed by atoms with Crippen LogP contribution in [0.1, 0.15) is 194 Å². The Morgan fingerprint density at radius 3 is 1.32 bits per heavy atom. The van der Waals surface area contributed by atoms with Crippen molar-refractivity contribution in [1.29, 1.82) is 0 Å². The van der Waals surface area contributed by atoms with Crippen LogP contribution in [-0.2, 0) is 52.1 Å². The Bertz CT molecular complexity index is 1750. The van der Waals surface area contributed by atoms with Crippen LogP contribution in [0.2, 0.25) is 0 Å². The summed E-state index contributed by atoms with van der Waals surface area (Å²) in [6.45, 7) is 18.8. The first-order chi connectivity index (χ1) is 28.9. The van der Waals surface area contributed by atoms with Crippen molar-refractivity contribution in [2.24, 2.45) is 9.98 Å². The number of phenols is 2. The molecule has 0 amide bonds. The number of aliphatic carboxylic acids is 2. The zero-order valence-corrected chi connectivity index (χ0v) is 40.7. The molecule has 0 bridgehead atoms. The van der Waals surface area contributed by atoms with Gasteiger partial charge >= 0.3 is 11.9 Å². The van der Waals surface area contributed by atoms with E-state index in [1.165, 1.54) is 136 Å². The van der Waals surface area contributed by atoms with E-state index in [0.717, 1.165) is 97.9 Å². The zero-order valence-electron chi connectivity index (χ0n) is 39.7. The number of unbranched alkanes of at least 4 members (excludes halogenated alkanes) is 6. The summed E-state index contributed by atoms with van der Waals surface area (Å²) >= 11 is 0. The molecule has 1 fully saturated rings. The first kappa shape index (κ1) is 54.9. The Labute approximate surface area is 386 Å². The largest absolute Gasteiger partial charge is 0.507 e. The molecule has 62 heavy (non-hydrogen) atoms. The first-order valence-electron chi connectivity index (χ1n) is 24.0. The number of rotatable bonds is 20. The van der Waals surface area contributed by atoms with Crippen molar-refractivity contribution in [2.75, 3.05) is 26.2 Å². The molecule has 0 saturated heterocycles. The molecule has 9 nitrogen and oxygen atoms in total. The van der Waals surface area contributed by atoms with Crippen molar-refractivity contribution in [3.8, 4) is 11.5 Å². The number of hydrogen-bond donors (Lipinski definition) is 4. The average Bonchev–Trinajstić information content (AvgIpc) is 3.24. The second kappa shape index (κ2) is 27.9. The second-order valence-corrected chi connectivity index (χ2v) is 18.2. The fourth-order valence-corrected chi connectivity index (χ4v) is 10.1. The van der Waals surface area contributed by atoms with Crippen LogP contribution < -0.4 is 0 Å². The number of fused-ring (bicyclic) bond motifs is 2. The maximum atomic E-state index is 11.7. The number of hydrogen-bond acceptors (Lipinski definition) is 6. The van der Waals surface area contributed by atoms with Gasteiger partial charge in [0, 0.05) is 39.3 Å². The Morgan fingerprint density at radius 1 is 0.581 bits per heavy atom. The van der Waals surface area contributed by atoms with Gasteiger partial charge in [0.2, 0.25) is 0 Å². The number of nitrogens with zero attached hydrogens (tertiary/aromatic N) is 3. The molecule has 2 atom stereocenters. The molecule has 1 radical (unpaired) electrons. The van der Waals surface area contributed by atoms with E-state index in [1.807, 2.05) is 0 Å². The molecule has 351 valence electrons. The summed E-state index contributed by atoms with van der Waals surface area (Å²) in [5.41, 5.74) is 11.9. The number of carboxylic acids is 2. The molecular weight excluding hydrogens is 822 g/mol. The van der Waals surface area contributed by atoms with Gasteiger partial charge in [-0.05, 0) is 150 Å². The van der Waals surface area contributed by atoms with Crippen LogP contribution in [0.15, 0.2) is 22.1 Å². The molecule has 5 rings (SSSR count). The Kier molecular flexibility index (Phi) is 24.7. The third-order valence-corrected chi connectivity index (χ3v) is 13.5. The molecule has 2 unspecified atom stereocenters. The first-order valence-corrected chi connectivity index (χ1v) is 24.0. The number of carboxylic acid groups (broad SMARTS) is 2. The predicted octanol–water partition coefficient (Wildman–Crippen LogP) is 11.9. The van der Waals surface area contributed by atoms with Crippen LogP contribution in [0.3, 0.4) is 0 Å². The van der Waals surface area contributed by atoms with Gasteiger partial charge in [-0.2, -0.15) is 0 Å². The number of aromatic hydroxyl groups is 2. The van der Waals surface area contributed by atoms with Gasteiger partial charge in [0.1, 0.15) is 11.5 Å². The van der Waals surface area contributed by atoms with Gasteiger partial charge in [0.25, 0.3) is 0 Å². The molecule has 0 heterocycles. The summed E-state index contributed by atoms with van der Waals surface area (Å²) in [5.74, 6) is -2.74. The van der Waals surface area contributed by atoms with Crippen molar-refractivity contribution in [3.63, 3.8) is 0 Å². The summed E-state index contributed by atoms with van der Waals surface area (Å²) in [4.78, 5) is 29.3. The van der Waals surface area contributed by atoms with Crippen molar-refractivity contribution >= 4 is 23.4 Å². The maximum absolute atomic E-state index is 11.7. The number of aliphatic imine (C=N–C) groups is 2. The SMILES string of the molecule is CCCCCc1cc(C)c(O)c2c1CCCC2=NC1CCCCC1N=C1CCCc2c(CCCC[N+](CCCC)(CCCC)CCCC)cc(C)c(O)c21.O=C(O)C(=O)O.[CH3-].[Co]. The van der Waals surface area contributed by atoms with Crippen LogP contribution in [0.4, 0.5) is 0 Å². The standard InChI is InChI=1S/C49H77N3O2.C2H2O4.CH3.Co/c1-7-11-15-22-38-34-36(5)48(53)46-40(38)24-20-28-44(46)50-42-26-16-17-27-43(42)51-45-29-21-25-41-39(35-37(6)49(54)47(41)45)23-18-19-33-52(30-12-8-2,31-13-9-3)32-14-10-4;3-1(4)2(5)6;;/h34-35,42-43H,7-33H2,1-6H3,(H-,50,51,53,54);(H,3,4)(H,5,6);1H3;/q;;-1;/p+1. The molecule has 2 aromatic rings. The van der Waals surface area contributed by atoms with Gasteiger partial charge < -0.3 is 32.3 Å². The summed E-state index contributed by atoms with van der Waals surface area (Å²) < 4.78 is 1.32. The maximum Gasteiger partial charge on any atom is 0.414 e. The topological polar surface area (TPSA) is 140 Å². The molecule has 10 heteroatoms. The Balaban J connectivity index is 0.00000154. The quantitative estimate of drug-likeness (QED) is 0.0451. The van der Waals surface area contributed by atoms with Gasteiger partial charge in [-0.25, -0.2) is 9.59 Å². The van der Waals surface area contributed by atoms with E-state index >= 15 is 0 Å². The van der Waals surface area contributed by atoms with Gasteiger partial charge in [0.05, 0.1) is 38.3 Å². The minimum atomic E-state index is -1.82. The molecular formula is C52H83CoN3O6. The molecule has 0 aromatic heterocycles. The molecule has 0 aliphatic heterocycles. The van der Waals surface area contributed by atoms with Gasteiger partial charge in [-0.3, -0.25) is 9.98 Å². The van der Waals surface area contributed by atoms with Crippen LogP contribution >= 0.6 is 0 Å². The van der Waals surface area contributed by atoms with Crippen LogP contribution in [-0.4, -0.2) is 86.5 Å². The zero-order chi connectivity index (χ0) is 43.7. The Hall–Kier alpha value is -3.21. The van der Waals surface area contributed by atoms with E-state index in [0.29, 0.717) is 11.5 Å². The van der Waals surface area contributed by atoms with Crippen molar-refractivity contribution in [2.45, 2.75) is 201 Å². The monoisotopic (exact) mass is 905 g/mol. The molecule has 1 saturated carbocycles. The van der Waals surface area contributed by atoms with Crippen molar-refractivity contribution in [3.05, 3.63) is 64.1 Å². The fourth-order valence-electron chi connectivity index (χ4n) is 10.1.